The Kier molecular flexibility index (Phi) is 7.52. The molecule has 1 saturated heterocycles. The molecular weight excluding hydrogens is 465 g/mol. The van der Waals surface area contributed by atoms with E-state index in [0.29, 0.717) is 6.54 Å². The number of rotatable bonds is 8. The third-order valence-electron chi connectivity index (χ3n) is 6.13. The summed E-state index contributed by atoms with van der Waals surface area (Å²) in [5.41, 5.74) is 2.37. The first-order valence-corrected chi connectivity index (χ1v) is 14.1. The number of sulfone groups is 2. The van der Waals surface area contributed by atoms with Gasteiger partial charge in [0.15, 0.2) is 19.7 Å². The van der Waals surface area contributed by atoms with Gasteiger partial charge < -0.3 is 15.1 Å². The third kappa shape index (κ3) is 5.74. The highest BCUT2D eigenvalue weighted by atomic mass is 32.2. The first-order chi connectivity index (χ1) is 15.3. The van der Waals surface area contributed by atoms with Crippen molar-refractivity contribution in [1.29, 1.82) is 0 Å². The predicted octanol–water partition coefficient (Wildman–Crippen LogP) is 2.03. The fourth-order valence-corrected chi connectivity index (χ4v) is 9.21. The molecule has 0 aliphatic carbocycles. The van der Waals surface area contributed by atoms with E-state index < -0.39 is 42.5 Å². The summed E-state index contributed by atoms with van der Waals surface area (Å²) >= 11 is 0. The first kappa shape index (κ1) is 25.6. The lowest BCUT2D eigenvalue weighted by Crippen LogP contribution is -2.46. The van der Waals surface area contributed by atoms with Crippen LogP contribution in [0.4, 0.5) is 10.1 Å². The van der Waals surface area contributed by atoms with Crippen LogP contribution in [0.25, 0.3) is 0 Å². The molecule has 7 nitrogen and oxygen atoms in total. The second kappa shape index (κ2) is 9.69. The van der Waals surface area contributed by atoms with Gasteiger partial charge in [-0.05, 0) is 62.5 Å². The van der Waals surface area contributed by atoms with Crippen LogP contribution in [0.1, 0.15) is 17.2 Å². The van der Waals surface area contributed by atoms with Gasteiger partial charge in [-0.3, -0.25) is 0 Å². The zero-order chi connectivity index (χ0) is 24.6. The summed E-state index contributed by atoms with van der Waals surface area (Å²) in [7, 11) is 0.252. The quantitative estimate of drug-likeness (QED) is 0.559. The zero-order valence-electron chi connectivity index (χ0n) is 19.6. The normalized spacial score (nSPS) is 21.3. The number of hydrogen-bond donors (Lipinski definition) is 1. The molecule has 182 valence electrons. The van der Waals surface area contributed by atoms with Crippen molar-refractivity contribution in [3.63, 3.8) is 0 Å². The lowest BCUT2D eigenvalue weighted by Gasteiger charge is -2.28. The minimum atomic E-state index is -3.98. The summed E-state index contributed by atoms with van der Waals surface area (Å²) in [4.78, 5) is 3.98. The second-order valence-corrected chi connectivity index (χ2v) is 13.3. The Morgan fingerprint density at radius 2 is 1.70 bits per heavy atom. The van der Waals surface area contributed by atoms with Gasteiger partial charge in [-0.25, -0.2) is 21.2 Å². The van der Waals surface area contributed by atoms with Crippen molar-refractivity contribution < 1.29 is 21.2 Å². The molecule has 1 aliphatic rings. The number of hydrogen-bond acceptors (Lipinski definition) is 7. The van der Waals surface area contributed by atoms with Crippen molar-refractivity contribution in [2.45, 2.75) is 29.2 Å². The van der Waals surface area contributed by atoms with Crippen LogP contribution in [0.15, 0.2) is 47.4 Å². The molecule has 10 heteroatoms. The van der Waals surface area contributed by atoms with Crippen LogP contribution in [-0.2, 0) is 19.7 Å². The SMILES string of the molecule is Cc1cc(F)ccc1S(=O)(=O)[C@H]1CS(=O)(=O)C[C@@H]1NCC(c1ccc(N(C)C)cc1)N(C)C. The van der Waals surface area contributed by atoms with Gasteiger partial charge in [0.25, 0.3) is 0 Å². The van der Waals surface area contributed by atoms with E-state index in [2.05, 4.69) is 5.32 Å². The molecule has 0 bridgehead atoms. The van der Waals surface area contributed by atoms with Crippen molar-refractivity contribution in [3.8, 4) is 0 Å². The highest BCUT2D eigenvalue weighted by Crippen LogP contribution is 2.29. The van der Waals surface area contributed by atoms with Crippen LogP contribution in [0, 0.1) is 12.7 Å². The molecule has 3 atom stereocenters. The van der Waals surface area contributed by atoms with Crippen LogP contribution in [-0.4, -0.2) is 79.3 Å². The Morgan fingerprint density at radius 3 is 2.24 bits per heavy atom. The summed E-state index contributed by atoms with van der Waals surface area (Å²) in [5.74, 6) is -1.24. The van der Waals surface area contributed by atoms with E-state index in [4.69, 9.17) is 0 Å². The number of anilines is 1. The molecule has 33 heavy (non-hydrogen) atoms. The number of benzene rings is 2. The minimum absolute atomic E-state index is 0.0266. The largest absolute Gasteiger partial charge is 0.378 e. The lowest BCUT2D eigenvalue weighted by atomic mass is 10.0. The molecule has 1 fully saturated rings. The predicted molar refractivity (Wildman–Crippen MR) is 130 cm³/mol. The fourth-order valence-electron chi connectivity index (χ4n) is 4.26. The standard InChI is InChI=1S/C23H32FN3O4S2/c1-16-12-18(24)8-11-22(16)33(30,31)23-15-32(28,29)14-20(23)25-13-21(27(4)5)17-6-9-19(10-7-17)26(2)3/h6-12,20-21,23,25H,13-15H2,1-5H3/t20-,21?,23-/m0/s1. The minimum Gasteiger partial charge on any atom is -0.378 e. The van der Waals surface area contributed by atoms with Gasteiger partial charge in [-0.2, -0.15) is 0 Å². The smallest absolute Gasteiger partial charge is 0.184 e. The highest BCUT2D eigenvalue weighted by molar-refractivity contribution is 7.96. The van der Waals surface area contributed by atoms with Crippen molar-refractivity contribution >= 4 is 25.4 Å². The summed E-state index contributed by atoms with van der Waals surface area (Å²) in [6, 6.07) is 10.7. The molecule has 1 heterocycles. The molecule has 3 rings (SSSR count). The van der Waals surface area contributed by atoms with Gasteiger partial charge in [0.1, 0.15) is 5.82 Å². The van der Waals surface area contributed by atoms with Crippen LogP contribution in [0.5, 0.6) is 0 Å². The molecule has 2 aromatic rings. The molecular formula is C23H32FN3O4S2. The van der Waals surface area contributed by atoms with E-state index in [-0.39, 0.29) is 22.3 Å². The first-order valence-electron chi connectivity index (χ1n) is 10.7. The monoisotopic (exact) mass is 497 g/mol. The van der Waals surface area contributed by atoms with Crippen molar-refractivity contribution in [2.75, 3.05) is 51.1 Å². The Balaban J connectivity index is 1.85. The van der Waals surface area contributed by atoms with E-state index in [1.165, 1.54) is 13.0 Å². The Bertz CT molecular complexity index is 1200. The van der Waals surface area contributed by atoms with Gasteiger partial charge in [0.05, 0.1) is 21.7 Å². The van der Waals surface area contributed by atoms with Gasteiger partial charge >= 0.3 is 0 Å². The van der Waals surface area contributed by atoms with Crippen LogP contribution in [0.2, 0.25) is 0 Å². The molecule has 0 saturated carbocycles. The molecule has 0 radical (unpaired) electrons. The number of aryl methyl sites for hydroxylation is 1. The average molecular weight is 498 g/mol. The van der Waals surface area contributed by atoms with Gasteiger partial charge in [0, 0.05) is 38.4 Å². The number of likely N-dealkylation sites (N-methyl/N-ethyl adjacent to an activating group) is 1. The van der Waals surface area contributed by atoms with E-state index >= 15 is 0 Å². The van der Waals surface area contributed by atoms with Crippen molar-refractivity contribution in [1.82, 2.24) is 10.2 Å². The molecule has 1 unspecified atom stereocenters. The highest BCUT2D eigenvalue weighted by Gasteiger charge is 2.46. The van der Waals surface area contributed by atoms with Crippen LogP contribution in [0.3, 0.4) is 0 Å². The number of nitrogens with one attached hydrogen (secondary N) is 1. The maximum Gasteiger partial charge on any atom is 0.184 e. The molecule has 0 spiro atoms. The summed E-state index contributed by atoms with van der Waals surface area (Å²) in [6.07, 6.45) is 0. The molecule has 2 aromatic carbocycles. The van der Waals surface area contributed by atoms with Gasteiger partial charge in [-0.1, -0.05) is 12.1 Å². The molecule has 1 aliphatic heterocycles. The maximum atomic E-state index is 13.5. The average Bonchev–Trinajstić information content (AvgIpc) is 3.03. The zero-order valence-corrected chi connectivity index (χ0v) is 21.2. The Labute approximate surface area is 196 Å². The Morgan fingerprint density at radius 1 is 1.06 bits per heavy atom. The lowest BCUT2D eigenvalue weighted by molar-refractivity contribution is 0.282. The Hall–Kier alpha value is -2.01. The van der Waals surface area contributed by atoms with Gasteiger partial charge in [-0.15, -0.1) is 0 Å². The van der Waals surface area contributed by atoms with E-state index in [1.54, 1.807) is 0 Å². The van der Waals surface area contributed by atoms with E-state index in [9.17, 15) is 21.2 Å². The number of halogens is 1. The second-order valence-electron chi connectivity index (χ2n) is 9.05. The summed E-state index contributed by atoms with van der Waals surface area (Å²) in [5, 5.41) is 2.09. The fraction of sp³-hybridized carbons (Fsp3) is 0.478. The maximum absolute atomic E-state index is 13.5. The number of nitrogens with zero attached hydrogens (tertiary/aromatic N) is 2. The molecule has 0 aromatic heterocycles. The summed E-state index contributed by atoms with van der Waals surface area (Å²) in [6.45, 7) is 1.89. The third-order valence-corrected chi connectivity index (χ3v) is 10.4. The van der Waals surface area contributed by atoms with Crippen LogP contribution >= 0.6 is 0 Å². The van der Waals surface area contributed by atoms with E-state index in [0.717, 1.165) is 23.4 Å². The van der Waals surface area contributed by atoms with E-state index in [1.807, 2.05) is 62.3 Å². The molecule has 0 amide bonds. The summed E-state index contributed by atoms with van der Waals surface area (Å²) < 4.78 is 65.1. The van der Waals surface area contributed by atoms with Crippen LogP contribution < -0.4 is 10.2 Å². The molecule has 1 N–H and O–H groups in total. The van der Waals surface area contributed by atoms with Crippen molar-refractivity contribution in [2.24, 2.45) is 0 Å². The van der Waals surface area contributed by atoms with Crippen molar-refractivity contribution in [3.05, 3.63) is 59.4 Å². The topological polar surface area (TPSA) is 86.8 Å². The van der Waals surface area contributed by atoms with Gasteiger partial charge in [0.2, 0.25) is 0 Å².